The molecule has 0 saturated heterocycles. The normalized spacial score (nSPS) is 11.6. The molecule has 0 unspecified atom stereocenters. The highest BCUT2D eigenvalue weighted by Crippen LogP contribution is 2.31. The lowest BCUT2D eigenvalue weighted by Gasteiger charge is -2.18. The van der Waals surface area contributed by atoms with Crippen LogP contribution in [0.5, 0.6) is 5.75 Å². The highest BCUT2D eigenvalue weighted by molar-refractivity contribution is 7.89. The summed E-state index contributed by atoms with van der Waals surface area (Å²) in [5.41, 5.74) is -0.473. The fraction of sp³-hybridized carbons (Fsp3) is 0.200. The zero-order valence-corrected chi connectivity index (χ0v) is 14.8. The van der Waals surface area contributed by atoms with Gasteiger partial charge in [0.25, 0.3) is 0 Å². The molecule has 2 rings (SSSR count). The van der Waals surface area contributed by atoms with Crippen molar-refractivity contribution in [1.82, 2.24) is 4.31 Å². The summed E-state index contributed by atoms with van der Waals surface area (Å²) in [6, 6.07) is 7.28. The van der Waals surface area contributed by atoms with Crippen LogP contribution in [-0.2, 0) is 16.6 Å². The van der Waals surface area contributed by atoms with Crippen LogP contribution in [0.15, 0.2) is 41.3 Å². The largest absolute Gasteiger partial charge is 0.490 e. The minimum Gasteiger partial charge on any atom is -0.490 e. The van der Waals surface area contributed by atoms with Crippen LogP contribution in [0.3, 0.4) is 0 Å². The predicted octanol–water partition coefficient (Wildman–Crippen LogP) is 3.22. The predicted molar refractivity (Wildman–Crippen MR) is 89.7 cm³/mol. The SMILES string of the molecule is COc1ccc(S(=O)(=O)N(C)Cc2c(F)cccc2Cl)cc1[N+](=O)[O-]. The van der Waals surface area contributed by atoms with Gasteiger partial charge in [0, 0.05) is 30.2 Å². The van der Waals surface area contributed by atoms with Crippen molar-refractivity contribution in [1.29, 1.82) is 0 Å². The van der Waals surface area contributed by atoms with Crippen molar-refractivity contribution in [2.45, 2.75) is 11.4 Å². The van der Waals surface area contributed by atoms with Crippen molar-refractivity contribution in [3.8, 4) is 5.75 Å². The molecule has 0 aliphatic rings. The molecular weight excluding hydrogens is 375 g/mol. The molecule has 0 fully saturated rings. The van der Waals surface area contributed by atoms with Crippen LogP contribution in [-0.4, -0.2) is 31.8 Å². The van der Waals surface area contributed by atoms with Gasteiger partial charge < -0.3 is 4.74 Å². The third-order valence-corrected chi connectivity index (χ3v) is 5.65. The van der Waals surface area contributed by atoms with Gasteiger partial charge in [0.15, 0.2) is 5.75 Å². The lowest BCUT2D eigenvalue weighted by atomic mass is 10.2. The first-order valence-electron chi connectivity index (χ1n) is 6.90. The lowest BCUT2D eigenvalue weighted by molar-refractivity contribution is -0.386. The van der Waals surface area contributed by atoms with E-state index in [4.69, 9.17) is 16.3 Å². The van der Waals surface area contributed by atoms with E-state index in [0.29, 0.717) is 0 Å². The Kier molecular flexibility index (Phi) is 5.61. The summed E-state index contributed by atoms with van der Waals surface area (Å²) < 4.78 is 44.8. The second-order valence-electron chi connectivity index (χ2n) is 5.05. The second kappa shape index (κ2) is 7.34. The summed E-state index contributed by atoms with van der Waals surface area (Å²) >= 11 is 5.91. The quantitative estimate of drug-likeness (QED) is 0.560. The highest BCUT2D eigenvalue weighted by atomic mass is 35.5. The summed E-state index contributed by atoms with van der Waals surface area (Å²) in [5.74, 6) is -0.709. The molecule has 0 heterocycles. The Balaban J connectivity index is 2.41. The summed E-state index contributed by atoms with van der Waals surface area (Å²) in [5, 5.41) is 11.1. The van der Waals surface area contributed by atoms with Crippen molar-refractivity contribution in [2.75, 3.05) is 14.2 Å². The van der Waals surface area contributed by atoms with Gasteiger partial charge in [-0.1, -0.05) is 17.7 Å². The van der Waals surface area contributed by atoms with Gasteiger partial charge in [0.05, 0.1) is 16.9 Å². The molecule has 0 aliphatic heterocycles. The average Bonchev–Trinajstić information content (AvgIpc) is 2.57. The highest BCUT2D eigenvalue weighted by Gasteiger charge is 2.26. The molecule has 0 N–H and O–H groups in total. The summed E-state index contributed by atoms with van der Waals surface area (Å²) in [6.45, 7) is -0.326. The molecule has 0 spiro atoms. The fourth-order valence-corrected chi connectivity index (χ4v) is 3.53. The van der Waals surface area contributed by atoms with E-state index >= 15 is 0 Å². The van der Waals surface area contributed by atoms with E-state index in [2.05, 4.69) is 0 Å². The lowest BCUT2D eigenvalue weighted by Crippen LogP contribution is -2.27. The van der Waals surface area contributed by atoms with E-state index in [1.165, 1.54) is 44.5 Å². The van der Waals surface area contributed by atoms with E-state index in [1.54, 1.807) is 0 Å². The number of rotatable bonds is 6. The Morgan fingerprint density at radius 1 is 1.32 bits per heavy atom. The molecule has 134 valence electrons. The maximum absolute atomic E-state index is 13.9. The van der Waals surface area contributed by atoms with E-state index < -0.39 is 26.5 Å². The maximum Gasteiger partial charge on any atom is 0.312 e. The number of nitro benzene ring substituents is 1. The molecule has 0 bridgehead atoms. The number of halogens is 2. The van der Waals surface area contributed by atoms with Crippen LogP contribution in [0, 0.1) is 15.9 Å². The Bertz CT molecular complexity index is 900. The molecular formula is C15H14ClFN2O5S. The molecule has 0 aromatic heterocycles. The molecule has 25 heavy (non-hydrogen) atoms. The van der Waals surface area contributed by atoms with Gasteiger partial charge in [-0.25, -0.2) is 12.8 Å². The third-order valence-electron chi connectivity index (χ3n) is 3.50. The van der Waals surface area contributed by atoms with Gasteiger partial charge in [-0.15, -0.1) is 0 Å². The van der Waals surface area contributed by atoms with E-state index in [-0.39, 0.29) is 27.8 Å². The first kappa shape index (κ1) is 19.1. The molecule has 0 saturated carbocycles. The topological polar surface area (TPSA) is 89.8 Å². The van der Waals surface area contributed by atoms with Crippen molar-refractivity contribution >= 4 is 27.3 Å². The molecule has 2 aromatic rings. The zero-order valence-electron chi connectivity index (χ0n) is 13.3. The average molecular weight is 389 g/mol. The fourth-order valence-electron chi connectivity index (χ4n) is 2.14. The Labute approximate surface area is 148 Å². The smallest absolute Gasteiger partial charge is 0.312 e. The standard InChI is InChI=1S/C15H14ClFN2O5S/c1-18(9-11-12(16)4-3-5-13(11)17)25(22,23)10-6-7-15(24-2)14(8-10)19(20)21/h3-8H,9H2,1-2H3. The van der Waals surface area contributed by atoms with Crippen LogP contribution < -0.4 is 4.74 Å². The van der Waals surface area contributed by atoms with E-state index in [9.17, 15) is 22.9 Å². The molecule has 10 heteroatoms. The summed E-state index contributed by atoms with van der Waals surface area (Å²) in [7, 11) is -1.63. The third kappa shape index (κ3) is 3.89. The van der Waals surface area contributed by atoms with Crippen molar-refractivity contribution < 1.29 is 22.5 Å². The number of benzene rings is 2. The monoisotopic (exact) mass is 388 g/mol. The van der Waals surface area contributed by atoms with Crippen molar-refractivity contribution in [3.63, 3.8) is 0 Å². The number of nitrogens with zero attached hydrogens (tertiary/aromatic N) is 2. The van der Waals surface area contributed by atoms with E-state index in [0.717, 1.165) is 10.4 Å². The molecule has 0 atom stereocenters. The zero-order chi connectivity index (χ0) is 18.8. The van der Waals surface area contributed by atoms with Crippen molar-refractivity contribution in [2.24, 2.45) is 0 Å². The van der Waals surface area contributed by atoms with Gasteiger partial charge in [-0.05, 0) is 24.3 Å². The Morgan fingerprint density at radius 3 is 2.56 bits per heavy atom. The van der Waals surface area contributed by atoms with Crippen LogP contribution in [0.1, 0.15) is 5.56 Å². The first-order valence-corrected chi connectivity index (χ1v) is 8.72. The number of sulfonamides is 1. The minimum absolute atomic E-state index is 0.0123. The molecule has 0 amide bonds. The Morgan fingerprint density at radius 2 is 2.00 bits per heavy atom. The van der Waals surface area contributed by atoms with Gasteiger partial charge in [0.2, 0.25) is 10.0 Å². The Hall–Kier alpha value is -2.23. The van der Waals surface area contributed by atoms with E-state index in [1.807, 2.05) is 0 Å². The molecule has 0 radical (unpaired) electrons. The molecule has 7 nitrogen and oxygen atoms in total. The van der Waals surface area contributed by atoms with Crippen LogP contribution in [0.2, 0.25) is 5.02 Å². The minimum atomic E-state index is -4.10. The van der Waals surface area contributed by atoms with Gasteiger partial charge in [-0.2, -0.15) is 4.31 Å². The molecule has 0 aliphatic carbocycles. The van der Waals surface area contributed by atoms with Gasteiger partial charge in [-0.3, -0.25) is 10.1 Å². The summed E-state index contributed by atoms with van der Waals surface area (Å²) in [6.07, 6.45) is 0. The number of methoxy groups -OCH3 is 1. The number of hydrogen-bond donors (Lipinski definition) is 0. The van der Waals surface area contributed by atoms with Gasteiger partial charge >= 0.3 is 5.69 Å². The maximum atomic E-state index is 13.9. The van der Waals surface area contributed by atoms with Crippen LogP contribution in [0.25, 0.3) is 0 Å². The van der Waals surface area contributed by atoms with Crippen LogP contribution in [0.4, 0.5) is 10.1 Å². The number of ether oxygens (including phenoxy) is 1. The second-order valence-corrected chi connectivity index (χ2v) is 7.50. The number of nitro groups is 1. The molecule has 2 aromatic carbocycles. The van der Waals surface area contributed by atoms with Crippen molar-refractivity contribution in [3.05, 3.63) is 62.9 Å². The first-order chi connectivity index (χ1) is 11.7. The van der Waals surface area contributed by atoms with Crippen LogP contribution >= 0.6 is 11.6 Å². The summed E-state index contributed by atoms with van der Waals surface area (Å²) in [4.78, 5) is 10.0. The van der Waals surface area contributed by atoms with Gasteiger partial charge in [0.1, 0.15) is 5.82 Å². The number of hydrogen-bond acceptors (Lipinski definition) is 5.